The van der Waals surface area contributed by atoms with Crippen molar-refractivity contribution < 1.29 is 14.6 Å². The lowest BCUT2D eigenvalue weighted by molar-refractivity contribution is -0.138. The van der Waals surface area contributed by atoms with E-state index < -0.39 is 12.0 Å². The molecule has 1 atom stereocenters. The van der Waals surface area contributed by atoms with Crippen LogP contribution >= 0.6 is 11.8 Å². The molecule has 0 aliphatic rings. The molecule has 88 valence electrons. The van der Waals surface area contributed by atoms with Crippen molar-refractivity contribution >= 4 is 17.7 Å². The molecule has 0 saturated heterocycles. The topological polar surface area (TPSA) is 72.5 Å². The van der Waals surface area contributed by atoms with Crippen molar-refractivity contribution in [2.45, 2.75) is 17.4 Å². The number of benzene rings is 1. The minimum absolute atomic E-state index is 0.326. The Balaban J connectivity index is 2.86. The van der Waals surface area contributed by atoms with Gasteiger partial charge in [-0.1, -0.05) is 6.07 Å². The number of thioether (sulfide) groups is 1. The first-order valence-electron chi connectivity index (χ1n) is 4.77. The summed E-state index contributed by atoms with van der Waals surface area (Å²) in [5.74, 6) is -0.193. The van der Waals surface area contributed by atoms with Crippen molar-refractivity contribution in [1.29, 1.82) is 0 Å². The van der Waals surface area contributed by atoms with Gasteiger partial charge in [-0.25, -0.2) is 0 Å². The number of hydrogen-bond donors (Lipinski definition) is 2. The molecule has 16 heavy (non-hydrogen) atoms. The third kappa shape index (κ3) is 3.15. The zero-order valence-electron chi connectivity index (χ0n) is 9.27. The maximum Gasteiger partial charge on any atom is 0.320 e. The number of aliphatic carboxylic acids is 1. The standard InChI is InChI=1S/C11H15NO3S/c1-15-9-4-3-7(6-10(9)16-2)5-8(12)11(13)14/h3-4,6,8H,5,12H2,1-2H3,(H,13,14). The molecule has 0 amide bonds. The van der Waals surface area contributed by atoms with E-state index in [4.69, 9.17) is 15.6 Å². The minimum Gasteiger partial charge on any atom is -0.496 e. The fourth-order valence-electron chi connectivity index (χ4n) is 1.35. The van der Waals surface area contributed by atoms with Crippen LogP contribution in [0.15, 0.2) is 23.1 Å². The summed E-state index contributed by atoms with van der Waals surface area (Å²) in [5, 5.41) is 8.72. The molecule has 0 spiro atoms. The van der Waals surface area contributed by atoms with Crippen LogP contribution in [0.4, 0.5) is 0 Å². The fraction of sp³-hybridized carbons (Fsp3) is 0.364. The zero-order chi connectivity index (χ0) is 12.1. The van der Waals surface area contributed by atoms with Gasteiger partial charge in [-0.15, -0.1) is 11.8 Å². The van der Waals surface area contributed by atoms with E-state index in [2.05, 4.69) is 0 Å². The lowest BCUT2D eigenvalue weighted by Crippen LogP contribution is -2.32. The molecule has 1 rings (SSSR count). The summed E-state index contributed by atoms with van der Waals surface area (Å²) in [7, 11) is 1.61. The molecule has 0 bridgehead atoms. The Morgan fingerprint density at radius 2 is 2.31 bits per heavy atom. The van der Waals surface area contributed by atoms with Crippen LogP contribution in [0.3, 0.4) is 0 Å². The van der Waals surface area contributed by atoms with Crippen LogP contribution in [0.25, 0.3) is 0 Å². The summed E-state index contributed by atoms with van der Waals surface area (Å²) < 4.78 is 5.18. The minimum atomic E-state index is -0.985. The van der Waals surface area contributed by atoms with Crippen molar-refractivity contribution in [3.8, 4) is 5.75 Å². The van der Waals surface area contributed by atoms with E-state index in [-0.39, 0.29) is 0 Å². The Morgan fingerprint density at radius 3 is 2.81 bits per heavy atom. The Hall–Kier alpha value is -1.20. The second-order valence-corrected chi connectivity index (χ2v) is 4.19. The molecule has 0 fully saturated rings. The third-order valence-electron chi connectivity index (χ3n) is 2.22. The molecule has 4 nitrogen and oxygen atoms in total. The van der Waals surface area contributed by atoms with E-state index in [0.717, 1.165) is 16.2 Å². The second kappa shape index (κ2) is 5.77. The average Bonchev–Trinajstić information content (AvgIpc) is 2.28. The van der Waals surface area contributed by atoms with E-state index in [0.29, 0.717) is 6.42 Å². The maximum atomic E-state index is 10.6. The van der Waals surface area contributed by atoms with Crippen molar-refractivity contribution in [1.82, 2.24) is 0 Å². The maximum absolute atomic E-state index is 10.6. The zero-order valence-corrected chi connectivity index (χ0v) is 10.1. The molecule has 0 aliphatic carbocycles. The number of nitrogens with two attached hydrogens (primary N) is 1. The highest BCUT2D eigenvalue weighted by atomic mass is 32.2. The molecule has 3 N–H and O–H groups in total. The summed E-state index contributed by atoms with van der Waals surface area (Å²) in [6, 6.07) is 4.71. The summed E-state index contributed by atoms with van der Waals surface area (Å²) >= 11 is 1.56. The summed E-state index contributed by atoms with van der Waals surface area (Å²) in [6.07, 6.45) is 2.27. The van der Waals surface area contributed by atoms with E-state index >= 15 is 0 Å². The number of carboxylic acids is 1. The lowest BCUT2D eigenvalue weighted by Gasteiger charge is -2.10. The Labute approximate surface area is 98.8 Å². The van der Waals surface area contributed by atoms with E-state index in [9.17, 15) is 4.79 Å². The van der Waals surface area contributed by atoms with Crippen molar-refractivity contribution in [2.24, 2.45) is 5.73 Å². The predicted octanol–water partition coefficient (Wildman–Crippen LogP) is 1.37. The van der Waals surface area contributed by atoms with E-state index in [1.165, 1.54) is 0 Å². The van der Waals surface area contributed by atoms with Crippen LogP contribution in [0.1, 0.15) is 5.56 Å². The van der Waals surface area contributed by atoms with Gasteiger partial charge in [0, 0.05) is 4.90 Å². The Kier molecular flexibility index (Phi) is 4.64. The largest absolute Gasteiger partial charge is 0.496 e. The highest BCUT2D eigenvalue weighted by Gasteiger charge is 2.13. The van der Waals surface area contributed by atoms with Crippen molar-refractivity contribution in [3.05, 3.63) is 23.8 Å². The number of carbonyl (C=O) groups is 1. The molecule has 1 unspecified atom stereocenters. The van der Waals surface area contributed by atoms with E-state index in [1.807, 2.05) is 24.5 Å². The molecular weight excluding hydrogens is 226 g/mol. The van der Waals surface area contributed by atoms with Gasteiger partial charge in [0.05, 0.1) is 7.11 Å². The number of hydrogen-bond acceptors (Lipinski definition) is 4. The molecule has 0 saturated carbocycles. The summed E-state index contributed by atoms with van der Waals surface area (Å²) in [6.45, 7) is 0. The molecule has 0 heterocycles. The monoisotopic (exact) mass is 241 g/mol. The van der Waals surface area contributed by atoms with E-state index in [1.54, 1.807) is 18.9 Å². The van der Waals surface area contributed by atoms with Crippen LogP contribution < -0.4 is 10.5 Å². The number of carboxylic acid groups (broad SMARTS) is 1. The second-order valence-electron chi connectivity index (χ2n) is 3.34. The smallest absolute Gasteiger partial charge is 0.320 e. The third-order valence-corrected chi connectivity index (χ3v) is 2.98. The molecule has 5 heteroatoms. The van der Waals surface area contributed by atoms with Crippen molar-refractivity contribution in [2.75, 3.05) is 13.4 Å². The van der Waals surface area contributed by atoms with Gasteiger partial charge < -0.3 is 15.6 Å². The number of methoxy groups -OCH3 is 1. The summed E-state index contributed by atoms with van der Waals surface area (Å²) in [5.41, 5.74) is 6.38. The molecule has 0 aliphatic heterocycles. The first-order chi connectivity index (χ1) is 7.58. The highest BCUT2D eigenvalue weighted by molar-refractivity contribution is 7.98. The molecule has 1 aromatic carbocycles. The Bertz CT molecular complexity index is 381. The Morgan fingerprint density at radius 1 is 1.62 bits per heavy atom. The number of ether oxygens (including phenoxy) is 1. The van der Waals surface area contributed by atoms with Gasteiger partial charge in [0.15, 0.2) is 0 Å². The average molecular weight is 241 g/mol. The number of rotatable bonds is 5. The normalized spacial score (nSPS) is 12.2. The van der Waals surface area contributed by atoms with Crippen LogP contribution in [0, 0.1) is 0 Å². The molecule has 0 aromatic heterocycles. The quantitative estimate of drug-likeness (QED) is 0.762. The van der Waals surface area contributed by atoms with Gasteiger partial charge in [0.2, 0.25) is 0 Å². The fourth-order valence-corrected chi connectivity index (χ4v) is 1.97. The van der Waals surface area contributed by atoms with Gasteiger partial charge in [-0.05, 0) is 30.4 Å². The van der Waals surface area contributed by atoms with Crippen LogP contribution in [-0.2, 0) is 11.2 Å². The van der Waals surface area contributed by atoms with Crippen LogP contribution in [0.2, 0.25) is 0 Å². The first-order valence-corrected chi connectivity index (χ1v) is 6.00. The van der Waals surface area contributed by atoms with Gasteiger partial charge in [-0.3, -0.25) is 4.79 Å². The summed E-state index contributed by atoms with van der Waals surface area (Å²) in [4.78, 5) is 11.6. The van der Waals surface area contributed by atoms with Gasteiger partial charge in [0.1, 0.15) is 11.8 Å². The van der Waals surface area contributed by atoms with Gasteiger partial charge in [0.25, 0.3) is 0 Å². The highest BCUT2D eigenvalue weighted by Crippen LogP contribution is 2.28. The molecule has 0 radical (unpaired) electrons. The van der Waals surface area contributed by atoms with Gasteiger partial charge >= 0.3 is 5.97 Å². The van der Waals surface area contributed by atoms with Crippen LogP contribution in [-0.4, -0.2) is 30.5 Å². The van der Waals surface area contributed by atoms with Crippen molar-refractivity contribution in [3.63, 3.8) is 0 Å². The molecular formula is C11H15NO3S. The first kappa shape index (κ1) is 12.9. The van der Waals surface area contributed by atoms with Gasteiger partial charge in [-0.2, -0.15) is 0 Å². The SMILES string of the molecule is COc1ccc(CC(N)C(=O)O)cc1SC. The lowest BCUT2D eigenvalue weighted by atomic mass is 10.1. The molecule has 1 aromatic rings. The predicted molar refractivity (Wildman–Crippen MR) is 64.1 cm³/mol. The van der Waals surface area contributed by atoms with Crippen LogP contribution in [0.5, 0.6) is 5.75 Å².